The molecule has 2 aromatic heterocycles. The third-order valence-corrected chi connectivity index (χ3v) is 3.39. The number of ether oxygens (including phenoxy) is 3. The Morgan fingerprint density at radius 2 is 2.12 bits per heavy atom. The van der Waals surface area contributed by atoms with Crippen LogP contribution in [0, 0.1) is 0 Å². The van der Waals surface area contributed by atoms with E-state index in [9.17, 15) is 4.79 Å². The van der Waals surface area contributed by atoms with Gasteiger partial charge in [-0.3, -0.25) is 0 Å². The summed E-state index contributed by atoms with van der Waals surface area (Å²) in [6.07, 6.45) is 0. The van der Waals surface area contributed by atoms with Gasteiger partial charge in [-0.05, 0) is 28.5 Å². The van der Waals surface area contributed by atoms with E-state index in [1.54, 1.807) is 18.2 Å². The van der Waals surface area contributed by atoms with Crippen molar-refractivity contribution in [3.05, 3.63) is 23.9 Å². The number of methoxy groups -OCH3 is 1. The molecule has 0 radical (unpaired) electrons. The van der Waals surface area contributed by atoms with E-state index < -0.39 is 5.97 Å². The highest BCUT2D eigenvalue weighted by molar-refractivity contribution is 5.94. The first-order valence-electron chi connectivity index (χ1n) is 6.71. The molecule has 122 valence electrons. The first-order valence-corrected chi connectivity index (χ1v) is 6.71. The summed E-state index contributed by atoms with van der Waals surface area (Å²) in [4.78, 5) is 12.0. The zero-order chi connectivity index (χ0) is 16.7. The number of nitrogens with two attached hydrogens (primary N) is 1. The number of benzene rings is 1. The molecule has 3 aromatic rings. The second kappa shape index (κ2) is 5.22. The fourth-order valence-electron chi connectivity index (χ4n) is 2.30. The van der Waals surface area contributed by atoms with Gasteiger partial charge in [-0.25, -0.2) is 9.42 Å². The Balaban J connectivity index is 1.93. The molecular formula is C13H10N6O5. The molecule has 1 aliphatic heterocycles. The van der Waals surface area contributed by atoms with E-state index in [1.165, 1.54) is 11.8 Å². The minimum Gasteiger partial charge on any atom is -0.464 e. The fraction of sp³-hybridized carbons (Fsp3) is 0.154. The van der Waals surface area contributed by atoms with Gasteiger partial charge in [0.15, 0.2) is 17.2 Å². The number of nitrogens with zero attached hydrogens (tertiary/aromatic N) is 5. The number of aromatic nitrogens is 5. The first-order chi connectivity index (χ1) is 11.7. The lowest BCUT2D eigenvalue weighted by Gasteiger charge is -2.06. The van der Waals surface area contributed by atoms with Crippen LogP contribution in [0.5, 0.6) is 11.5 Å². The van der Waals surface area contributed by atoms with Gasteiger partial charge in [0.2, 0.25) is 18.4 Å². The number of rotatable bonds is 3. The Bertz CT molecular complexity index is 933. The van der Waals surface area contributed by atoms with Crippen molar-refractivity contribution in [3.8, 4) is 28.6 Å². The molecule has 0 fully saturated rings. The molecule has 0 unspecified atom stereocenters. The summed E-state index contributed by atoms with van der Waals surface area (Å²) >= 11 is 0. The maximum absolute atomic E-state index is 12.0. The van der Waals surface area contributed by atoms with E-state index in [2.05, 4.69) is 25.3 Å². The van der Waals surface area contributed by atoms with Crippen molar-refractivity contribution in [2.45, 2.75) is 0 Å². The van der Waals surface area contributed by atoms with Crippen LogP contribution in [0.1, 0.15) is 10.5 Å². The smallest absolute Gasteiger partial charge is 0.360 e. The third-order valence-electron chi connectivity index (χ3n) is 3.39. The second-order valence-corrected chi connectivity index (χ2v) is 4.73. The highest BCUT2D eigenvalue weighted by Gasteiger charge is 2.27. The van der Waals surface area contributed by atoms with Crippen molar-refractivity contribution in [2.24, 2.45) is 0 Å². The van der Waals surface area contributed by atoms with E-state index in [4.69, 9.17) is 19.9 Å². The molecule has 0 aliphatic carbocycles. The number of hydrogen-bond donors (Lipinski definition) is 1. The molecule has 2 N–H and O–H groups in total. The van der Waals surface area contributed by atoms with Crippen molar-refractivity contribution < 1.29 is 23.6 Å². The first kappa shape index (κ1) is 14.0. The maximum Gasteiger partial charge on any atom is 0.360 e. The Kier molecular flexibility index (Phi) is 3.05. The zero-order valence-electron chi connectivity index (χ0n) is 12.3. The van der Waals surface area contributed by atoms with Crippen LogP contribution < -0.4 is 15.2 Å². The molecule has 0 saturated carbocycles. The van der Waals surface area contributed by atoms with Crippen LogP contribution >= 0.6 is 0 Å². The van der Waals surface area contributed by atoms with E-state index in [0.29, 0.717) is 22.8 Å². The van der Waals surface area contributed by atoms with Crippen LogP contribution in [0.25, 0.3) is 17.1 Å². The third kappa shape index (κ3) is 2.02. The molecule has 4 rings (SSSR count). The molecule has 0 amide bonds. The van der Waals surface area contributed by atoms with Crippen LogP contribution in [0.2, 0.25) is 0 Å². The highest BCUT2D eigenvalue weighted by atomic mass is 16.7. The van der Waals surface area contributed by atoms with Crippen LogP contribution in [-0.2, 0) is 4.74 Å². The molecule has 0 spiro atoms. The molecule has 24 heavy (non-hydrogen) atoms. The lowest BCUT2D eigenvalue weighted by atomic mass is 10.1. The molecule has 11 heteroatoms. The van der Waals surface area contributed by atoms with E-state index >= 15 is 0 Å². The van der Waals surface area contributed by atoms with E-state index in [-0.39, 0.29) is 24.1 Å². The van der Waals surface area contributed by atoms with E-state index in [1.807, 2.05) is 0 Å². The Hall–Kier alpha value is -3.63. The predicted molar refractivity (Wildman–Crippen MR) is 76.5 cm³/mol. The SMILES string of the molecule is COC(=O)c1nnn(-c2nonc2N)c1-c1ccc2c(c1)OCO2. The van der Waals surface area contributed by atoms with Crippen molar-refractivity contribution in [1.82, 2.24) is 25.3 Å². The van der Waals surface area contributed by atoms with Crippen molar-refractivity contribution in [3.63, 3.8) is 0 Å². The zero-order valence-corrected chi connectivity index (χ0v) is 12.3. The van der Waals surface area contributed by atoms with Crippen LogP contribution in [-0.4, -0.2) is 45.2 Å². The van der Waals surface area contributed by atoms with Gasteiger partial charge < -0.3 is 19.9 Å². The normalized spacial score (nSPS) is 12.4. The summed E-state index contributed by atoms with van der Waals surface area (Å²) in [5.41, 5.74) is 6.58. The van der Waals surface area contributed by atoms with Gasteiger partial charge in [0.1, 0.15) is 5.69 Å². The predicted octanol–water partition coefficient (Wildman–Crippen LogP) is 0.415. The van der Waals surface area contributed by atoms with Crippen molar-refractivity contribution >= 4 is 11.8 Å². The summed E-state index contributed by atoms with van der Waals surface area (Å²) in [5.74, 6) is 0.565. The molecule has 0 bridgehead atoms. The molecule has 11 nitrogen and oxygen atoms in total. The number of anilines is 1. The van der Waals surface area contributed by atoms with Gasteiger partial charge in [0.25, 0.3) is 0 Å². The molecule has 0 saturated heterocycles. The van der Waals surface area contributed by atoms with Crippen molar-refractivity contribution in [2.75, 3.05) is 19.6 Å². The number of nitrogen functional groups attached to an aromatic ring is 1. The van der Waals surface area contributed by atoms with Crippen LogP contribution in [0.15, 0.2) is 22.8 Å². The standard InChI is InChI=1S/C13H10N6O5/c1-21-13(20)9-10(6-2-3-7-8(4-6)23-5-22-7)19(18-15-9)12-11(14)16-24-17-12/h2-4H,5H2,1H3,(H2,14,16). The average Bonchev–Trinajstić information content (AvgIpc) is 3.31. The van der Waals surface area contributed by atoms with Gasteiger partial charge in [-0.1, -0.05) is 5.21 Å². The van der Waals surface area contributed by atoms with Gasteiger partial charge in [0, 0.05) is 5.56 Å². The molecule has 1 aromatic carbocycles. The summed E-state index contributed by atoms with van der Waals surface area (Å²) in [5, 5.41) is 15.0. The Labute approximate surface area is 133 Å². The number of carbonyl (C=O) groups is 1. The number of fused-ring (bicyclic) bond motifs is 1. The minimum absolute atomic E-state index is 0.00157. The lowest BCUT2D eigenvalue weighted by Crippen LogP contribution is -2.07. The number of carbonyl (C=O) groups excluding carboxylic acids is 1. The highest BCUT2D eigenvalue weighted by Crippen LogP contribution is 2.37. The minimum atomic E-state index is -0.663. The van der Waals surface area contributed by atoms with E-state index in [0.717, 1.165) is 0 Å². The van der Waals surface area contributed by atoms with Gasteiger partial charge in [-0.2, -0.15) is 4.68 Å². The molecule has 1 aliphatic rings. The average molecular weight is 330 g/mol. The monoisotopic (exact) mass is 330 g/mol. The molecule has 0 atom stereocenters. The quantitative estimate of drug-likeness (QED) is 0.671. The summed E-state index contributed by atoms with van der Waals surface area (Å²) in [6.45, 7) is 0.125. The Morgan fingerprint density at radius 3 is 2.88 bits per heavy atom. The molecular weight excluding hydrogens is 320 g/mol. The van der Waals surface area contributed by atoms with Crippen LogP contribution in [0.4, 0.5) is 5.82 Å². The molecule has 3 heterocycles. The topological polar surface area (TPSA) is 140 Å². The summed E-state index contributed by atoms with van der Waals surface area (Å²) in [7, 11) is 1.25. The van der Waals surface area contributed by atoms with Crippen molar-refractivity contribution in [1.29, 1.82) is 0 Å². The maximum atomic E-state index is 12.0. The van der Waals surface area contributed by atoms with Gasteiger partial charge in [-0.15, -0.1) is 5.10 Å². The van der Waals surface area contributed by atoms with Crippen LogP contribution in [0.3, 0.4) is 0 Å². The lowest BCUT2D eigenvalue weighted by molar-refractivity contribution is 0.0595. The Morgan fingerprint density at radius 1 is 1.29 bits per heavy atom. The summed E-state index contributed by atoms with van der Waals surface area (Å²) in [6, 6.07) is 5.12. The number of hydrogen-bond acceptors (Lipinski definition) is 10. The van der Waals surface area contributed by atoms with Gasteiger partial charge in [0.05, 0.1) is 7.11 Å². The summed E-state index contributed by atoms with van der Waals surface area (Å²) < 4.78 is 21.2. The second-order valence-electron chi connectivity index (χ2n) is 4.73. The van der Waals surface area contributed by atoms with Gasteiger partial charge >= 0.3 is 5.97 Å². The largest absolute Gasteiger partial charge is 0.464 e. The fourth-order valence-corrected chi connectivity index (χ4v) is 2.30. The number of esters is 1.